The number of ketones is 1. The van der Waals surface area contributed by atoms with Gasteiger partial charge >= 0.3 is 5.97 Å². The Bertz CT molecular complexity index is 493. The molecule has 1 aromatic rings. The Kier molecular flexibility index (Phi) is 2.44. The van der Waals surface area contributed by atoms with Gasteiger partial charge in [0.15, 0.2) is 0 Å². The molecule has 16 heavy (non-hydrogen) atoms. The molecule has 2 N–H and O–H groups in total. The lowest BCUT2D eigenvalue weighted by Crippen LogP contribution is -2.23. The second-order valence-corrected chi connectivity index (χ2v) is 3.51. The van der Waals surface area contributed by atoms with Gasteiger partial charge in [0.05, 0.1) is 0 Å². The number of carbonyl (C=O) groups is 3. The normalized spacial score (nSPS) is 13.9. The number of carboxylic acid groups (broad SMARTS) is 1. The average molecular weight is 219 g/mol. The summed E-state index contributed by atoms with van der Waals surface area (Å²) in [5.74, 6) is -2.54. The monoisotopic (exact) mass is 219 g/mol. The highest BCUT2D eigenvalue weighted by molar-refractivity contribution is 6.40. The third kappa shape index (κ3) is 1.67. The molecule has 0 saturated heterocycles. The van der Waals surface area contributed by atoms with Crippen molar-refractivity contribution in [3.63, 3.8) is 0 Å². The summed E-state index contributed by atoms with van der Waals surface area (Å²) in [6, 6.07) is 4.68. The summed E-state index contributed by atoms with van der Waals surface area (Å²) in [5.41, 5.74) is 1.29. The minimum Gasteiger partial charge on any atom is -0.475 e. The minimum absolute atomic E-state index is 0.118. The van der Waals surface area contributed by atoms with Gasteiger partial charge in [0.2, 0.25) is 5.91 Å². The van der Waals surface area contributed by atoms with Crippen molar-refractivity contribution in [3.8, 4) is 0 Å². The third-order valence-corrected chi connectivity index (χ3v) is 2.49. The molecule has 0 saturated carbocycles. The van der Waals surface area contributed by atoms with Crippen LogP contribution in [0.3, 0.4) is 0 Å². The van der Waals surface area contributed by atoms with Crippen LogP contribution in [0.5, 0.6) is 0 Å². The molecule has 0 aromatic heterocycles. The van der Waals surface area contributed by atoms with Crippen LogP contribution in [0.15, 0.2) is 18.2 Å². The highest BCUT2D eigenvalue weighted by atomic mass is 16.4. The molecule has 1 aromatic carbocycles. The first kappa shape index (κ1) is 10.4. The van der Waals surface area contributed by atoms with E-state index in [4.69, 9.17) is 5.11 Å². The van der Waals surface area contributed by atoms with E-state index < -0.39 is 11.8 Å². The number of rotatable bonds is 2. The van der Waals surface area contributed by atoms with E-state index in [2.05, 4.69) is 5.32 Å². The Labute approximate surface area is 91.1 Å². The lowest BCUT2D eigenvalue weighted by atomic mass is 9.95. The van der Waals surface area contributed by atoms with Crippen LogP contribution in [-0.2, 0) is 16.0 Å². The van der Waals surface area contributed by atoms with E-state index in [0.29, 0.717) is 17.7 Å². The van der Waals surface area contributed by atoms with E-state index in [1.54, 1.807) is 12.1 Å². The number of aliphatic carboxylic acids is 1. The second kappa shape index (κ2) is 3.77. The molecule has 5 nitrogen and oxygen atoms in total. The molecule has 0 radical (unpaired) electrons. The van der Waals surface area contributed by atoms with Crippen molar-refractivity contribution in [2.24, 2.45) is 0 Å². The first-order chi connectivity index (χ1) is 7.59. The average Bonchev–Trinajstić information content (AvgIpc) is 2.26. The summed E-state index contributed by atoms with van der Waals surface area (Å²) in [6.45, 7) is 0. The SMILES string of the molecule is O=C1CCc2c(cccc2C(=O)C(=O)O)N1. The summed E-state index contributed by atoms with van der Waals surface area (Å²) in [5, 5.41) is 11.3. The number of Topliss-reactive ketones (excluding diaryl/α,β-unsaturated/α-hetero) is 1. The predicted molar refractivity (Wildman–Crippen MR) is 55.4 cm³/mol. The molecule has 1 heterocycles. The summed E-state index contributed by atoms with van der Waals surface area (Å²) in [7, 11) is 0. The quantitative estimate of drug-likeness (QED) is 0.570. The first-order valence-electron chi connectivity index (χ1n) is 4.79. The van der Waals surface area contributed by atoms with Crippen LogP contribution in [0.25, 0.3) is 0 Å². The lowest BCUT2D eigenvalue weighted by Gasteiger charge is -2.18. The van der Waals surface area contributed by atoms with Crippen LogP contribution in [0.2, 0.25) is 0 Å². The van der Waals surface area contributed by atoms with E-state index in [1.165, 1.54) is 6.07 Å². The molecule has 0 fully saturated rings. The van der Waals surface area contributed by atoms with Gasteiger partial charge < -0.3 is 10.4 Å². The van der Waals surface area contributed by atoms with Gasteiger partial charge in [-0.05, 0) is 18.1 Å². The van der Waals surface area contributed by atoms with Crippen molar-refractivity contribution >= 4 is 23.3 Å². The van der Waals surface area contributed by atoms with Gasteiger partial charge in [0.25, 0.3) is 5.78 Å². The fourth-order valence-corrected chi connectivity index (χ4v) is 1.75. The zero-order chi connectivity index (χ0) is 11.7. The summed E-state index contributed by atoms with van der Waals surface area (Å²) < 4.78 is 0. The largest absolute Gasteiger partial charge is 0.475 e. The number of hydrogen-bond donors (Lipinski definition) is 2. The summed E-state index contributed by atoms with van der Waals surface area (Å²) in [6.07, 6.45) is 0.674. The van der Waals surface area contributed by atoms with Gasteiger partial charge in [-0.1, -0.05) is 12.1 Å². The number of amides is 1. The topological polar surface area (TPSA) is 83.5 Å². The summed E-state index contributed by atoms with van der Waals surface area (Å²) >= 11 is 0. The van der Waals surface area contributed by atoms with Crippen LogP contribution < -0.4 is 5.32 Å². The molecule has 1 aliphatic heterocycles. The molecule has 0 atom stereocenters. The fourth-order valence-electron chi connectivity index (χ4n) is 1.75. The van der Waals surface area contributed by atoms with E-state index in [9.17, 15) is 14.4 Å². The lowest BCUT2D eigenvalue weighted by molar-refractivity contribution is -0.131. The number of carbonyl (C=O) groups excluding carboxylic acids is 2. The maximum absolute atomic E-state index is 11.4. The van der Waals surface area contributed by atoms with Crippen molar-refractivity contribution in [2.75, 3.05) is 5.32 Å². The van der Waals surface area contributed by atoms with Gasteiger partial charge in [0.1, 0.15) is 0 Å². The molecule has 1 aliphatic rings. The van der Waals surface area contributed by atoms with Crippen LogP contribution in [0.4, 0.5) is 5.69 Å². The molecule has 5 heteroatoms. The molecule has 0 bridgehead atoms. The van der Waals surface area contributed by atoms with E-state index in [1.807, 2.05) is 0 Å². The number of hydrogen-bond acceptors (Lipinski definition) is 3. The van der Waals surface area contributed by atoms with Crippen molar-refractivity contribution in [1.82, 2.24) is 0 Å². The number of carboxylic acids is 1. The molecule has 0 spiro atoms. The zero-order valence-electron chi connectivity index (χ0n) is 8.32. The van der Waals surface area contributed by atoms with E-state index in [0.717, 1.165) is 0 Å². The fraction of sp³-hybridized carbons (Fsp3) is 0.182. The Balaban J connectivity index is 2.49. The number of nitrogens with one attached hydrogen (secondary N) is 1. The van der Waals surface area contributed by atoms with Crippen molar-refractivity contribution in [1.29, 1.82) is 0 Å². The molecule has 82 valence electrons. The number of benzene rings is 1. The first-order valence-corrected chi connectivity index (χ1v) is 4.79. The van der Waals surface area contributed by atoms with Gasteiger partial charge in [-0.2, -0.15) is 0 Å². The van der Waals surface area contributed by atoms with E-state index >= 15 is 0 Å². The van der Waals surface area contributed by atoms with Crippen molar-refractivity contribution < 1.29 is 19.5 Å². The van der Waals surface area contributed by atoms with Crippen molar-refractivity contribution in [3.05, 3.63) is 29.3 Å². The van der Waals surface area contributed by atoms with E-state index in [-0.39, 0.29) is 17.9 Å². The Hall–Kier alpha value is -2.17. The number of fused-ring (bicyclic) bond motifs is 1. The molecule has 0 aliphatic carbocycles. The highest BCUT2D eigenvalue weighted by Gasteiger charge is 2.23. The smallest absolute Gasteiger partial charge is 0.377 e. The van der Waals surface area contributed by atoms with Gasteiger partial charge in [-0.3, -0.25) is 9.59 Å². The molecular weight excluding hydrogens is 210 g/mol. The minimum atomic E-state index is -1.48. The molecular formula is C11H9NO4. The van der Waals surface area contributed by atoms with Gasteiger partial charge in [-0.25, -0.2) is 4.79 Å². The standard InChI is InChI=1S/C11H9NO4/c13-9-5-4-6-7(10(14)11(15)16)2-1-3-8(6)12-9/h1-3H,4-5H2,(H,12,13)(H,15,16). The van der Waals surface area contributed by atoms with Crippen LogP contribution in [0.1, 0.15) is 22.3 Å². The molecule has 0 unspecified atom stereocenters. The maximum atomic E-state index is 11.4. The van der Waals surface area contributed by atoms with Gasteiger partial charge in [0, 0.05) is 17.7 Å². The Morgan fingerprint density at radius 3 is 2.69 bits per heavy atom. The highest BCUT2D eigenvalue weighted by Crippen LogP contribution is 2.26. The van der Waals surface area contributed by atoms with Gasteiger partial charge in [-0.15, -0.1) is 0 Å². The van der Waals surface area contributed by atoms with Crippen LogP contribution >= 0.6 is 0 Å². The molecule has 2 rings (SSSR count). The molecule has 1 amide bonds. The predicted octanol–water partition coefficient (Wildman–Crippen LogP) is 0.839. The summed E-state index contributed by atoms with van der Waals surface area (Å²) in [4.78, 5) is 33.1. The van der Waals surface area contributed by atoms with Crippen molar-refractivity contribution in [2.45, 2.75) is 12.8 Å². The zero-order valence-corrected chi connectivity index (χ0v) is 8.32. The van der Waals surface area contributed by atoms with Crippen LogP contribution in [-0.4, -0.2) is 22.8 Å². The maximum Gasteiger partial charge on any atom is 0.377 e. The Morgan fingerprint density at radius 2 is 2.00 bits per heavy atom. The Morgan fingerprint density at radius 1 is 1.25 bits per heavy atom. The second-order valence-electron chi connectivity index (χ2n) is 3.51. The van der Waals surface area contributed by atoms with Crippen LogP contribution in [0, 0.1) is 0 Å². The number of anilines is 1. The third-order valence-electron chi connectivity index (χ3n) is 2.49.